The molecule has 0 aliphatic heterocycles. The fraction of sp³-hybridized carbons (Fsp3) is 0.316. The Bertz CT molecular complexity index is 877. The molecular weight excluding hydrogens is 352 g/mol. The Labute approximate surface area is 154 Å². The lowest BCUT2D eigenvalue weighted by molar-refractivity contribution is -0.116. The zero-order chi connectivity index (χ0) is 19.3. The molecule has 1 amide bonds. The van der Waals surface area contributed by atoms with Crippen molar-refractivity contribution in [1.82, 2.24) is 4.31 Å². The normalized spacial score (nSPS) is 11.4. The predicted molar refractivity (Wildman–Crippen MR) is 102 cm³/mol. The molecule has 2 aromatic carbocycles. The van der Waals surface area contributed by atoms with Crippen LogP contribution in [-0.2, 0) is 21.2 Å². The van der Waals surface area contributed by atoms with E-state index >= 15 is 0 Å². The molecule has 0 aliphatic rings. The summed E-state index contributed by atoms with van der Waals surface area (Å²) in [6.45, 7) is 3.55. The maximum Gasteiger partial charge on any atom is 0.246 e. The summed E-state index contributed by atoms with van der Waals surface area (Å²) in [7, 11) is -1.07. The minimum atomic E-state index is -3.85. The van der Waals surface area contributed by atoms with E-state index in [4.69, 9.17) is 4.74 Å². The van der Waals surface area contributed by atoms with Gasteiger partial charge in [0.2, 0.25) is 15.9 Å². The number of likely N-dealkylation sites (N-methyl/N-ethyl adjacent to an activating group) is 1. The van der Waals surface area contributed by atoms with Crippen LogP contribution in [0.15, 0.2) is 47.4 Å². The van der Waals surface area contributed by atoms with Gasteiger partial charge in [-0.2, -0.15) is 4.31 Å². The Morgan fingerprint density at radius 2 is 1.81 bits per heavy atom. The van der Waals surface area contributed by atoms with Crippen LogP contribution in [0.25, 0.3) is 0 Å². The van der Waals surface area contributed by atoms with Gasteiger partial charge in [-0.3, -0.25) is 4.79 Å². The molecule has 0 saturated carbocycles. The summed E-state index contributed by atoms with van der Waals surface area (Å²) in [6, 6.07) is 12.4. The highest BCUT2D eigenvalue weighted by atomic mass is 32.2. The number of aryl methyl sites for hydroxylation is 2. The first kappa shape index (κ1) is 19.9. The molecular formula is C19H24N2O4S. The van der Waals surface area contributed by atoms with Crippen LogP contribution in [0.3, 0.4) is 0 Å². The van der Waals surface area contributed by atoms with Gasteiger partial charge < -0.3 is 10.1 Å². The number of nitrogens with zero attached hydrogens (tertiary/aromatic N) is 1. The van der Waals surface area contributed by atoms with Crippen molar-refractivity contribution >= 4 is 21.6 Å². The Hall–Kier alpha value is -2.38. The molecule has 26 heavy (non-hydrogen) atoms. The third-order valence-electron chi connectivity index (χ3n) is 4.02. The molecule has 0 bridgehead atoms. The van der Waals surface area contributed by atoms with Gasteiger partial charge in [-0.05, 0) is 48.7 Å². The lowest BCUT2D eigenvalue weighted by Gasteiger charge is -2.19. The quantitative estimate of drug-likeness (QED) is 0.806. The van der Waals surface area contributed by atoms with Crippen molar-refractivity contribution in [1.29, 1.82) is 0 Å². The number of carbonyl (C=O) groups excluding carboxylic acids is 1. The van der Waals surface area contributed by atoms with E-state index < -0.39 is 15.9 Å². The van der Waals surface area contributed by atoms with Crippen molar-refractivity contribution < 1.29 is 17.9 Å². The maximum absolute atomic E-state index is 12.8. The Balaban J connectivity index is 2.13. The van der Waals surface area contributed by atoms with E-state index in [1.165, 1.54) is 20.2 Å². The number of methoxy groups -OCH3 is 1. The van der Waals surface area contributed by atoms with E-state index in [1.807, 2.05) is 19.1 Å². The van der Waals surface area contributed by atoms with Crippen LogP contribution in [-0.4, -0.2) is 39.3 Å². The van der Waals surface area contributed by atoms with Crippen LogP contribution in [0.2, 0.25) is 0 Å². The molecule has 0 aromatic heterocycles. The summed E-state index contributed by atoms with van der Waals surface area (Å²) in [5, 5.41) is 2.71. The van der Waals surface area contributed by atoms with Crippen molar-refractivity contribution in [2.45, 2.75) is 25.2 Å². The molecule has 7 heteroatoms. The number of hydrogen-bond donors (Lipinski definition) is 1. The smallest absolute Gasteiger partial charge is 0.246 e. The molecule has 1 N–H and O–H groups in total. The molecule has 0 spiro atoms. The molecule has 0 aliphatic carbocycles. The van der Waals surface area contributed by atoms with Gasteiger partial charge in [-0.1, -0.05) is 25.1 Å². The summed E-state index contributed by atoms with van der Waals surface area (Å²) in [5.74, 6) is -0.162. The highest BCUT2D eigenvalue weighted by molar-refractivity contribution is 7.89. The van der Waals surface area contributed by atoms with Crippen LogP contribution >= 0.6 is 0 Å². The molecule has 0 radical (unpaired) electrons. The lowest BCUT2D eigenvalue weighted by atomic mass is 10.1. The monoisotopic (exact) mass is 376 g/mol. The molecule has 0 saturated heterocycles. The zero-order valence-corrected chi connectivity index (χ0v) is 16.3. The van der Waals surface area contributed by atoms with Gasteiger partial charge in [0, 0.05) is 12.7 Å². The van der Waals surface area contributed by atoms with Gasteiger partial charge in [0.15, 0.2) is 0 Å². The molecule has 2 rings (SSSR count). The topological polar surface area (TPSA) is 75.7 Å². The predicted octanol–water partition coefficient (Wildman–Crippen LogP) is 2.83. The second kappa shape index (κ2) is 8.33. The van der Waals surface area contributed by atoms with E-state index in [0.29, 0.717) is 5.69 Å². The summed E-state index contributed by atoms with van der Waals surface area (Å²) in [6.07, 6.45) is 0.910. The number of amides is 1. The molecule has 0 heterocycles. The maximum atomic E-state index is 12.8. The SMILES string of the molecule is CCc1ccc(NC(=O)CN(C)S(=O)(=O)c2cc(C)ccc2OC)cc1. The highest BCUT2D eigenvalue weighted by Crippen LogP contribution is 2.27. The van der Waals surface area contributed by atoms with Gasteiger partial charge in [0.25, 0.3) is 0 Å². The van der Waals surface area contributed by atoms with E-state index in [9.17, 15) is 13.2 Å². The summed E-state index contributed by atoms with van der Waals surface area (Å²) >= 11 is 0. The number of anilines is 1. The second-order valence-corrected chi connectivity index (χ2v) is 8.03. The molecule has 140 valence electrons. The van der Waals surface area contributed by atoms with Crippen molar-refractivity contribution in [3.8, 4) is 5.75 Å². The van der Waals surface area contributed by atoms with E-state index in [1.54, 1.807) is 31.2 Å². The molecule has 6 nitrogen and oxygen atoms in total. The third kappa shape index (κ3) is 4.62. The van der Waals surface area contributed by atoms with E-state index in [-0.39, 0.29) is 17.2 Å². The summed E-state index contributed by atoms with van der Waals surface area (Å²) in [5.41, 5.74) is 2.58. The lowest BCUT2D eigenvalue weighted by Crippen LogP contribution is -2.35. The first-order valence-corrected chi connectivity index (χ1v) is 9.71. The number of benzene rings is 2. The minimum absolute atomic E-state index is 0.0441. The zero-order valence-electron chi connectivity index (χ0n) is 15.4. The summed E-state index contributed by atoms with van der Waals surface area (Å²) < 4.78 is 31.8. The van der Waals surface area contributed by atoms with Gasteiger partial charge in [0.1, 0.15) is 10.6 Å². The third-order valence-corrected chi connectivity index (χ3v) is 5.84. The van der Waals surface area contributed by atoms with Crippen molar-refractivity contribution in [2.75, 3.05) is 26.0 Å². The van der Waals surface area contributed by atoms with Crippen LogP contribution in [0, 0.1) is 6.92 Å². The number of ether oxygens (including phenoxy) is 1. The number of hydrogen-bond acceptors (Lipinski definition) is 4. The van der Waals surface area contributed by atoms with Crippen LogP contribution in [0.1, 0.15) is 18.1 Å². The molecule has 2 aromatic rings. The van der Waals surface area contributed by atoms with Crippen LogP contribution in [0.5, 0.6) is 5.75 Å². The molecule has 0 atom stereocenters. The number of sulfonamides is 1. The second-order valence-electron chi connectivity index (χ2n) is 6.01. The number of carbonyl (C=O) groups is 1. The first-order chi connectivity index (χ1) is 12.3. The molecule has 0 fully saturated rings. The Morgan fingerprint density at radius 1 is 1.15 bits per heavy atom. The Morgan fingerprint density at radius 3 is 2.38 bits per heavy atom. The average Bonchev–Trinajstić information content (AvgIpc) is 2.62. The average molecular weight is 376 g/mol. The highest BCUT2D eigenvalue weighted by Gasteiger charge is 2.26. The summed E-state index contributed by atoms with van der Waals surface area (Å²) in [4.78, 5) is 12.3. The van der Waals surface area contributed by atoms with Crippen molar-refractivity contribution in [3.05, 3.63) is 53.6 Å². The standard InChI is InChI=1S/C19H24N2O4S/c1-5-15-7-9-16(10-8-15)20-19(22)13-21(3)26(23,24)18-12-14(2)6-11-17(18)25-4/h6-12H,5,13H2,1-4H3,(H,20,22). The minimum Gasteiger partial charge on any atom is -0.495 e. The fourth-order valence-electron chi connectivity index (χ4n) is 2.46. The van der Waals surface area contributed by atoms with Crippen molar-refractivity contribution in [3.63, 3.8) is 0 Å². The van der Waals surface area contributed by atoms with Gasteiger partial charge in [0.05, 0.1) is 13.7 Å². The van der Waals surface area contributed by atoms with E-state index in [2.05, 4.69) is 5.32 Å². The van der Waals surface area contributed by atoms with Crippen LogP contribution in [0.4, 0.5) is 5.69 Å². The Kier molecular flexibility index (Phi) is 6.39. The fourth-order valence-corrected chi connectivity index (χ4v) is 3.83. The number of rotatable bonds is 7. The first-order valence-electron chi connectivity index (χ1n) is 8.27. The van der Waals surface area contributed by atoms with Gasteiger partial charge in [-0.15, -0.1) is 0 Å². The number of nitrogens with one attached hydrogen (secondary N) is 1. The van der Waals surface area contributed by atoms with Crippen LogP contribution < -0.4 is 10.1 Å². The van der Waals surface area contributed by atoms with Gasteiger partial charge in [-0.25, -0.2) is 8.42 Å². The molecule has 0 unspecified atom stereocenters. The largest absolute Gasteiger partial charge is 0.495 e. The van der Waals surface area contributed by atoms with Crippen molar-refractivity contribution in [2.24, 2.45) is 0 Å². The van der Waals surface area contributed by atoms with Gasteiger partial charge >= 0.3 is 0 Å². The van der Waals surface area contributed by atoms with E-state index in [0.717, 1.165) is 21.9 Å².